The van der Waals surface area contributed by atoms with Crippen molar-refractivity contribution in [2.45, 2.75) is 37.5 Å². The van der Waals surface area contributed by atoms with E-state index in [9.17, 15) is 31.5 Å². The fourth-order valence-electron chi connectivity index (χ4n) is 3.15. The Bertz CT molecular complexity index is 980. The number of hydrogen-bond donors (Lipinski definition) is 1. The van der Waals surface area contributed by atoms with Gasteiger partial charge in [0.15, 0.2) is 5.69 Å². The van der Waals surface area contributed by atoms with Gasteiger partial charge in [-0.15, -0.1) is 0 Å². The number of aromatic nitrogens is 4. The summed E-state index contributed by atoms with van der Waals surface area (Å²) in [6, 6.07) is 0.133. The molecule has 7 nitrogen and oxygen atoms in total. The largest absolute Gasteiger partial charge is 0.435 e. The molecular formula is C15H12F5N5O2. The molecule has 0 aromatic carbocycles. The van der Waals surface area contributed by atoms with Crippen LogP contribution in [0.25, 0.3) is 0 Å². The second-order valence-electron chi connectivity index (χ2n) is 6.49. The first-order valence-electron chi connectivity index (χ1n) is 7.98. The van der Waals surface area contributed by atoms with Gasteiger partial charge in [0.25, 0.3) is 17.4 Å². The Morgan fingerprint density at radius 3 is 2.63 bits per heavy atom. The van der Waals surface area contributed by atoms with Crippen LogP contribution in [0.4, 0.5) is 22.0 Å². The van der Waals surface area contributed by atoms with Gasteiger partial charge < -0.3 is 4.90 Å². The average Bonchev–Trinajstić information content (AvgIpc) is 3.02. The van der Waals surface area contributed by atoms with Crippen LogP contribution in [-0.4, -0.2) is 43.3 Å². The normalized spacial score (nSPS) is 21.1. The fraction of sp³-hybridized carbons (Fsp3) is 0.467. The van der Waals surface area contributed by atoms with E-state index < -0.39 is 41.8 Å². The fourth-order valence-corrected chi connectivity index (χ4v) is 3.15. The molecule has 0 saturated heterocycles. The third-order valence-electron chi connectivity index (χ3n) is 4.67. The highest BCUT2D eigenvalue weighted by molar-refractivity contribution is 5.92. The summed E-state index contributed by atoms with van der Waals surface area (Å²) in [6.07, 6.45) is -4.00. The molecule has 1 unspecified atom stereocenters. The summed E-state index contributed by atoms with van der Waals surface area (Å²) in [7, 11) is 0. The summed E-state index contributed by atoms with van der Waals surface area (Å²) < 4.78 is 66.7. The van der Waals surface area contributed by atoms with Gasteiger partial charge in [-0.25, -0.2) is 13.9 Å². The van der Waals surface area contributed by atoms with Gasteiger partial charge in [-0.3, -0.25) is 14.3 Å². The zero-order valence-corrected chi connectivity index (χ0v) is 13.6. The van der Waals surface area contributed by atoms with E-state index in [1.54, 1.807) is 0 Å². The monoisotopic (exact) mass is 389 g/mol. The Morgan fingerprint density at radius 2 is 2.00 bits per heavy atom. The molecule has 2 aromatic rings. The Labute approximate surface area is 147 Å². The summed E-state index contributed by atoms with van der Waals surface area (Å²) in [5.74, 6) is -3.57. The van der Waals surface area contributed by atoms with E-state index in [2.05, 4.69) is 10.2 Å². The molecule has 1 aliphatic heterocycles. The standard InChI is InChI=1S/C15H12F5N5O2/c16-14(17)5-10(14)25-4-2-9(23-25)13(27)24-3-1-7-8(6-24)11(15(18,19)20)21-22-12(7)26/h2,4,10H,1,3,5-6H2,(H,22,26). The summed E-state index contributed by atoms with van der Waals surface area (Å²) in [5, 5.41) is 8.73. The van der Waals surface area contributed by atoms with Crippen molar-refractivity contribution in [1.29, 1.82) is 0 Å². The van der Waals surface area contributed by atoms with Crippen molar-refractivity contribution in [3.05, 3.63) is 45.1 Å². The summed E-state index contributed by atoms with van der Waals surface area (Å²) in [5.41, 5.74) is -2.56. The molecule has 12 heteroatoms. The quantitative estimate of drug-likeness (QED) is 0.794. The maximum absolute atomic E-state index is 13.2. The van der Waals surface area contributed by atoms with E-state index >= 15 is 0 Å². The first-order valence-corrected chi connectivity index (χ1v) is 7.98. The van der Waals surface area contributed by atoms with Crippen molar-refractivity contribution in [3.63, 3.8) is 0 Å². The van der Waals surface area contributed by atoms with Crippen molar-refractivity contribution >= 4 is 5.91 Å². The minimum Gasteiger partial charge on any atom is -0.332 e. The van der Waals surface area contributed by atoms with E-state index in [0.717, 1.165) is 9.58 Å². The lowest BCUT2D eigenvalue weighted by Gasteiger charge is -2.29. The highest BCUT2D eigenvalue weighted by atomic mass is 19.4. The van der Waals surface area contributed by atoms with Crippen molar-refractivity contribution in [2.75, 3.05) is 6.54 Å². The zero-order valence-electron chi connectivity index (χ0n) is 13.6. The van der Waals surface area contributed by atoms with Gasteiger partial charge in [0.1, 0.15) is 11.7 Å². The molecule has 1 fully saturated rings. The number of H-pyrrole nitrogens is 1. The molecule has 27 heavy (non-hydrogen) atoms. The van der Waals surface area contributed by atoms with Crippen LogP contribution in [0.15, 0.2) is 17.1 Å². The lowest BCUT2D eigenvalue weighted by atomic mass is 9.99. The van der Waals surface area contributed by atoms with Crippen LogP contribution in [0.5, 0.6) is 0 Å². The Kier molecular flexibility index (Phi) is 3.65. The van der Waals surface area contributed by atoms with Gasteiger partial charge in [0, 0.05) is 36.8 Å². The lowest BCUT2D eigenvalue weighted by molar-refractivity contribution is -0.142. The third kappa shape index (κ3) is 2.98. The second-order valence-corrected chi connectivity index (χ2v) is 6.49. The summed E-state index contributed by atoms with van der Waals surface area (Å²) >= 11 is 0. The number of hydrogen-bond acceptors (Lipinski definition) is 4. The Hall–Kier alpha value is -2.79. The van der Waals surface area contributed by atoms with Crippen LogP contribution in [0.1, 0.15) is 39.8 Å². The van der Waals surface area contributed by atoms with E-state index in [4.69, 9.17) is 0 Å². The maximum atomic E-state index is 13.2. The molecule has 144 valence electrons. The highest BCUT2D eigenvalue weighted by Gasteiger charge is 2.59. The zero-order chi connectivity index (χ0) is 19.6. The minimum atomic E-state index is -4.79. The molecule has 0 bridgehead atoms. The number of rotatable bonds is 2. The third-order valence-corrected chi connectivity index (χ3v) is 4.67. The molecule has 1 atom stereocenters. The highest BCUT2D eigenvalue weighted by Crippen LogP contribution is 2.52. The smallest absolute Gasteiger partial charge is 0.332 e. The average molecular weight is 389 g/mol. The SMILES string of the molecule is O=C(c1ccn(C2CC2(F)F)n1)N1CCc2c(c(C(F)(F)F)n[nH]c2=O)C1. The Balaban J connectivity index is 1.60. The van der Waals surface area contributed by atoms with E-state index in [1.807, 2.05) is 5.10 Å². The summed E-state index contributed by atoms with van der Waals surface area (Å²) in [4.78, 5) is 25.4. The molecule has 2 aliphatic rings. The van der Waals surface area contributed by atoms with Crippen LogP contribution >= 0.6 is 0 Å². The molecule has 1 aliphatic carbocycles. The number of amides is 1. The van der Waals surface area contributed by atoms with Crippen LogP contribution in [-0.2, 0) is 19.1 Å². The van der Waals surface area contributed by atoms with Crippen LogP contribution in [0, 0.1) is 0 Å². The predicted octanol–water partition coefficient (Wildman–Crippen LogP) is 1.76. The number of nitrogens with zero attached hydrogens (tertiary/aromatic N) is 4. The van der Waals surface area contributed by atoms with Crippen LogP contribution in [0.3, 0.4) is 0 Å². The predicted molar refractivity (Wildman–Crippen MR) is 79.1 cm³/mol. The van der Waals surface area contributed by atoms with E-state index in [1.165, 1.54) is 12.3 Å². The molecule has 1 saturated carbocycles. The van der Waals surface area contributed by atoms with Gasteiger partial charge in [0.2, 0.25) is 0 Å². The van der Waals surface area contributed by atoms with Crippen LogP contribution < -0.4 is 5.56 Å². The molecule has 0 radical (unpaired) electrons. The van der Waals surface area contributed by atoms with Crippen molar-refractivity contribution < 1.29 is 26.7 Å². The van der Waals surface area contributed by atoms with Gasteiger partial charge >= 0.3 is 6.18 Å². The van der Waals surface area contributed by atoms with E-state index in [0.29, 0.717) is 0 Å². The number of fused-ring (bicyclic) bond motifs is 1. The molecule has 1 amide bonds. The topological polar surface area (TPSA) is 83.9 Å². The molecule has 1 N–H and O–H groups in total. The number of halogens is 5. The van der Waals surface area contributed by atoms with Crippen molar-refractivity contribution in [2.24, 2.45) is 0 Å². The minimum absolute atomic E-state index is 0.00265. The number of aromatic amines is 1. The summed E-state index contributed by atoms with van der Waals surface area (Å²) in [6.45, 7) is -0.463. The number of nitrogens with one attached hydrogen (secondary N) is 1. The van der Waals surface area contributed by atoms with Crippen LogP contribution in [0.2, 0.25) is 0 Å². The van der Waals surface area contributed by atoms with Crippen molar-refractivity contribution in [1.82, 2.24) is 24.9 Å². The first-order chi connectivity index (χ1) is 12.6. The molecule has 3 heterocycles. The number of alkyl halides is 5. The molecular weight excluding hydrogens is 377 g/mol. The maximum Gasteiger partial charge on any atom is 0.435 e. The molecule has 2 aromatic heterocycles. The second kappa shape index (κ2) is 5.60. The van der Waals surface area contributed by atoms with Gasteiger partial charge in [-0.1, -0.05) is 0 Å². The van der Waals surface area contributed by atoms with E-state index in [-0.39, 0.29) is 36.2 Å². The van der Waals surface area contributed by atoms with Crippen molar-refractivity contribution in [3.8, 4) is 0 Å². The van der Waals surface area contributed by atoms with Gasteiger partial charge in [-0.05, 0) is 12.5 Å². The first kappa shape index (κ1) is 17.6. The Morgan fingerprint density at radius 1 is 1.30 bits per heavy atom. The lowest BCUT2D eigenvalue weighted by Crippen LogP contribution is -2.40. The van der Waals surface area contributed by atoms with Gasteiger partial charge in [0.05, 0.1) is 0 Å². The van der Waals surface area contributed by atoms with Gasteiger partial charge in [-0.2, -0.15) is 23.4 Å². The number of carbonyl (C=O) groups is 1. The molecule has 0 spiro atoms. The number of carbonyl (C=O) groups excluding carboxylic acids is 1. The molecule has 4 rings (SSSR count).